The lowest BCUT2D eigenvalue weighted by Gasteiger charge is -2.22. The van der Waals surface area contributed by atoms with Crippen molar-refractivity contribution in [3.63, 3.8) is 0 Å². The van der Waals surface area contributed by atoms with Crippen LogP contribution in [0, 0.1) is 0 Å². The summed E-state index contributed by atoms with van der Waals surface area (Å²) in [6.45, 7) is 0. The molecule has 12 rings (SSSR count). The molecule has 1 atom stereocenters. The Morgan fingerprint density at radius 3 is 1.62 bits per heavy atom. The van der Waals surface area contributed by atoms with Gasteiger partial charge in [-0.15, -0.1) is 11.3 Å². The lowest BCUT2D eigenvalue weighted by atomic mass is 9.92. The van der Waals surface area contributed by atoms with E-state index >= 15 is 0 Å². The Balaban J connectivity index is 1.09. The molecule has 11 aromatic rings. The van der Waals surface area contributed by atoms with E-state index in [1.807, 2.05) is 144 Å². The number of hydrogen-bond acceptors (Lipinski definition) is 14. The van der Waals surface area contributed by atoms with E-state index < -0.39 is 74.7 Å². The number of para-hydroxylation sites is 1. The second-order valence-corrected chi connectivity index (χ2v) is 18.5. The normalized spacial score (nSPS) is 13.2. The van der Waals surface area contributed by atoms with Crippen molar-refractivity contribution >= 4 is 49.3 Å². The minimum absolute atomic E-state index is 0.0992. The molecule has 0 saturated carbocycles. The predicted molar refractivity (Wildman–Crippen MR) is 280 cm³/mol. The van der Waals surface area contributed by atoms with Crippen LogP contribution in [0.4, 0.5) is 0 Å². The molecule has 0 aliphatic heterocycles. The Morgan fingerprint density at radius 2 is 0.945 bits per heavy atom. The summed E-state index contributed by atoms with van der Waals surface area (Å²) in [5.41, 5.74) is 4.85. The number of aromatic hydroxyl groups is 10. The molecule has 8 aromatic carbocycles. The van der Waals surface area contributed by atoms with Crippen molar-refractivity contribution in [2.75, 3.05) is 0 Å². The number of fused-ring (bicyclic) bond motifs is 6. The molecule has 1 aliphatic rings. The third-order valence-electron chi connectivity index (χ3n) is 13.3. The lowest BCUT2D eigenvalue weighted by molar-refractivity contribution is 0.330. The van der Waals surface area contributed by atoms with Crippen LogP contribution in [0.5, 0.6) is 57.5 Å². The number of benzene rings is 8. The van der Waals surface area contributed by atoms with Crippen LogP contribution in [0.25, 0.3) is 106 Å². The van der Waals surface area contributed by atoms with Gasteiger partial charge in [0, 0.05) is 53.7 Å². The highest BCUT2D eigenvalue weighted by molar-refractivity contribution is 7.20. The third kappa shape index (κ3) is 6.89. The number of phenolic OH excluding ortho intramolecular Hbond substituents is 10. The molecule has 0 amide bonds. The topological polar surface area (TPSA) is 246 Å². The maximum absolute atomic E-state index is 11.6. The van der Waals surface area contributed by atoms with Gasteiger partial charge in [-0.3, -0.25) is 0 Å². The van der Waals surface area contributed by atoms with Gasteiger partial charge in [-0.25, -0.2) is 15.0 Å². The first-order valence-corrected chi connectivity index (χ1v) is 23.5. The van der Waals surface area contributed by atoms with Crippen LogP contribution < -0.4 is 0 Å². The highest BCUT2D eigenvalue weighted by Crippen LogP contribution is 2.60. The summed E-state index contributed by atoms with van der Waals surface area (Å²) in [5.74, 6) is -9.59. The molecule has 0 bridgehead atoms. The van der Waals surface area contributed by atoms with Gasteiger partial charge in [0.1, 0.15) is 0 Å². The number of aromatic nitrogens is 4. The van der Waals surface area contributed by atoms with Gasteiger partial charge in [-0.1, -0.05) is 133 Å². The zero-order valence-electron chi connectivity index (χ0n) is 37.8. The zero-order chi connectivity index (χ0) is 50.4. The second-order valence-electron chi connectivity index (χ2n) is 17.4. The molecular weight excluding hydrogens is 945 g/mol. The molecule has 10 N–H and O–H groups in total. The number of allylic oxidation sites excluding steroid dienone is 3. The van der Waals surface area contributed by atoms with Crippen molar-refractivity contribution in [3.05, 3.63) is 168 Å². The molecule has 73 heavy (non-hydrogen) atoms. The van der Waals surface area contributed by atoms with Crippen molar-refractivity contribution in [2.45, 2.75) is 6.04 Å². The summed E-state index contributed by atoms with van der Waals surface area (Å²) in [4.78, 5) is 16.1. The van der Waals surface area contributed by atoms with Crippen LogP contribution in [-0.2, 0) is 0 Å². The number of thiophene rings is 1. The van der Waals surface area contributed by atoms with Crippen molar-refractivity contribution < 1.29 is 51.1 Å². The zero-order valence-corrected chi connectivity index (χ0v) is 38.7. The van der Waals surface area contributed by atoms with E-state index in [0.29, 0.717) is 39.3 Å². The fourth-order valence-corrected chi connectivity index (χ4v) is 11.1. The maximum Gasteiger partial charge on any atom is 0.208 e. The van der Waals surface area contributed by atoms with Gasteiger partial charge in [-0.2, -0.15) is 0 Å². The Labute approximate surface area is 417 Å². The second kappa shape index (κ2) is 16.9. The molecule has 0 fully saturated rings. The van der Waals surface area contributed by atoms with Crippen LogP contribution in [0.15, 0.2) is 158 Å². The van der Waals surface area contributed by atoms with E-state index in [4.69, 9.17) is 15.0 Å². The number of rotatable bonds is 7. The Hall–Kier alpha value is -9.99. The van der Waals surface area contributed by atoms with Crippen molar-refractivity contribution in [1.82, 2.24) is 19.5 Å². The van der Waals surface area contributed by atoms with Crippen molar-refractivity contribution in [2.24, 2.45) is 0 Å². The van der Waals surface area contributed by atoms with Crippen LogP contribution in [0.2, 0.25) is 0 Å². The van der Waals surface area contributed by atoms with Gasteiger partial charge >= 0.3 is 0 Å². The summed E-state index contributed by atoms with van der Waals surface area (Å²) in [6, 6.07) is 43.2. The highest BCUT2D eigenvalue weighted by Gasteiger charge is 2.33. The summed E-state index contributed by atoms with van der Waals surface area (Å²) in [6.07, 6.45) is 7.78. The summed E-state index contributed by atoms with van der Waals surface area (Å²) < 4.78 is 2.84. The fraction of sp³-hybridized carbons (Fsp3) is 0.0172. The molecule has 1 aliphatic carbocycles. The smallest absolute Gasteiger partial charge is 0.208 e. The Morgan fingerprint density at radius 1 is 0.397 bits per heavy atom. The SMILES string of the molecule is Oc1c(O)c(O)c(-c2cc(-c3c(O)c(O)c(O)c(O)c3O)c3c(c2)c2ccccc2n3C2C=CC=Cc3sc4cc(-c5nc(-c6ccccc6)nc(-c6ccccc6-c6ccccc6)n5)ccc4c32)c(O)c1O. The average Bonchev–Trinajstić information content (AvgIpc) is 3.88. The molecule has 356 valence electrons. The molecule has 15 heteroatoms. The largest absolute Gasteiger partial charge is 0.504 e. The minimum atomic E-state index is -1.19. The van der Waals surface area contributed by atoms with Gasteiger partial charge in [0.25, 0.3) is 0 Å². The van der Waals surface area contributed by atoms with Crippen LogP contribution in [0.3, 0.4) is 0 Å². The van der Waals surface area contributed by atoms with Gasteiger partial charge < -0.3 is 55.6 Å². The molecular formula is C58H38N4O10S. The van der Waals surface area contributed by atoms with Gasteiger partial charge in [-0.05, 0) is 52.4 Å². The first kappa shape index (κ1) is 44.2. The van der Waals surface area contributed by atoms with Crippen LogP contribution in [-0.4, -0.2) is 70.6 Å². The van der Waals surface area contributed by atoms with Gasteiger partial charge in [0.2, 0.25) is 34.5 Å². The number of nitrogens with zero attached hydrogens (tertiary/aromatic N) is 4. The van der Waals surface area contributed by atoms with Gasteiger partial charge in [0.05, 0.1) is 22.7 Å². The first-order chi connectivity index (χ1) is 35.4. The third-order valence-corrected chi connectivity index (χ3v) is 14.4. The molecule has 1 unspecified atom stereocenters. The summed E-state index contributed by atoms with van der Waals surface area (Å²) >= 11 is 1.54. The molecule has 3 aromatic heterocycles. The molecule has 14 nitrogen and oxygen atoms in total. The monoisotopic (exact) mass is 982 g/mol. The van der Waals surface area contributed by atoms with Gasteiger partial charge in [0.15, 0.2) is 40.5 Å². The van der Waals surface area contributed by atoms with Crippen molar-refractivity contribution in [1.29, 1.82) is 0 Å². The van der Waals surface area contributed by atoms with Crippen molar-refractivity contribution in [3.8, 4) is 125 Å². The quantitative estimate of drug-likeness (QED) is 0.0528. The van der Waals surface area contributed by atoms with E-state index in [0.717, 1.165) is 48.3 Å². The van der Waals surface area contributed by atoms with E-state index in [-0.39, 0.29) is 11.1 Å². The maximum atomic E-state index is 11.6. The molecule has 0 radical (unpaired) electrons. The number of phenols is 10. The van der Waals surface area contributed by atoms with E-state index in [2.05, 4.69) is 0 Å². The molecule has 0 spiro atoms. The highest BCUT2D eigenvalue weighted by atomic mass is 32.1. The lowest BCUT2D eigenvalue weighted by Crippen LogP contribution is -2.09. The predicted octanol–water partition coefficient (Wildman–Crippen LogP) is 12.4. The molecule has 3 heterocycles. The van der Waals surface area contributed by atoms with E-state index in [9.17, 15) is 51.1 Å². The van der Waals surface area contributed by atoms with E-state index in [1.54, 1.807) is 29.5 Å². The van der Waals surface area contributed by atoms with E-state index in [1.165, 1.54) is 6.07 Å². The average molecular weight is 983 g/mol. The summed E-state index contributed by atoms with van der Waals surface area (Å²) in [7, 11) is 0. The minimum Gasteiger partial charge on any atom is -0.504 e. The summed E-state index contributed by atoms with van der Waals surface area (Å²) in [5, 5.41) is 111. The standard InChI is InChI=1S/C58H38N4O10S/c63-46-42(47(64)51(68)54(71)50(46)67)31-25-36-33-18-9-10-20-38(33)62(45(36)37(26-31)44-48(65)52(69)55(72)53(70)49(44)66)39-21-11-12-22-40-43(39)35-24-23-30(27-41(35)73-40)57-59-56(29-15-5-2-6-16-29)60-58(61-57)34-19-8-7-17-32(34)28-13-3-1-4-14-28/h1-27,39,63-72H. The fourth-order valence-electron chi connectivity index (χ4n) is 9.87. The van der Waals surface area contributed by atoms with Crippen LogP contribution >= 0.6 is 11.3 Å². The number of hydrogen-bond donors (Lipinski definition) is 10. The molecule has 0 saturated heterocycles. The first-order valence-electron chi connectivity index (χ1n) is 22.7. The Kier molecular flexibility index (Phi) is 10.2. The van der Waals surface area contributed by atoms with Crippen LogP contribution in [0.1, 0.15) is 16.5 Å². The Bertz CT molecular complexity index is 4110.